The molecule has 0 aliphatic rings. The average Bonchev–Trinajstić information content (AvgIpc) is 2.47. The number of methoxy groups -OCH3 is 1. The third-order valence-corrected chi connectivity index (χ3v) is 3.80. The van der Waals surface area contributed by atoms with Crippen LogP contribution in [0.4, 0.5) is 0 Å². The van der Waals surface area contributed by atoms with Gasteiger partial charge in [-0.25, -0.2) is 0 Å². The van der Waals surface area contributed by atoms with Crippen molar-refractivity contribution < 1.29 is 9.53 Å². The molecule has 0 aromatic heterocycles. The minimum absolute atomic E-state index is 0.143. The molecule has 0 fully saturated rings. The standard InChI is InChI=1S/C15H23ClN2O2/c1-4-10(2)14(17)15(19)18-9-13(20-3)11-5-7-12(16)8-6-11/h5-8,10,13-14H,4,9,17H2,1-3H3,(H,18,19). The van der Waals surface area contributed by atoms with Crippen LogP contribution in [0.5, 0.6) is 0 Å². The van der Waals surface area contributed by atoms with E-state index in [2.05, 4.69) is 5.32 Å². The first-order chi connectivity index (χ1) is 9.49. The van der Waals surface area contributed by atoms with Crippen LogP contribution in [-0.2, 0) is 9.53 Å². The molecule has 1 aromatic rings. The summed E-state index contributed by atoms with van der Waals surface area (Å²) in [6, 6.07) is 6.89. The second-order valence-corrected chi connectivity index (χ2v) is 5.37. The normalized spacial score (nSPS) is 15.4. The zero-order valence-corrected chi connectivity index (χ0v) is 13.0. The van der Waals surface area contributed by atoms with Crippen LogP contribution in [0.1, 0.15) is 31.9 Å². The molecule has 0 heterocycles. The highest BCUT2D eigenvalue weighted by Crippen LogP contribution is 2.18. The molecule has 1 aromatic carbocycles. The number of hydrogen-bond acceptors (Lipinski definition) is 3. The van der Waals surface area contributed by atoms with Gasteiger partial charge in [0.1, 0.15) is 0 Å². The lowest BCUT2D eigenvalue weighted by Gasteiger charge is -2.21. The van der Waals surface area contributed by atoms with E-state index in [0.717, 1.165) is 12.0 Å². The molecule has 0 saturated heterocycles. The van der Waals surface area contributed by atoms with Gasteiger partial charge >= 0.3 is 0 Å². The van der Waals surface area contributed by atoms with Crippen LogP contribution < -0.4 is 11.1 Å². The summed E-state index contributed by atoms with van der Waals surface area (Å²) in [6.07, 6.45) is 0.666. The summed E-state index contributed by atoms with van der Waals surface area (Å²) in [6.45, 7) is 4.38. The van der Waals surface area contributed by atoms with Crippen LogP contribution >= 0.6 is 11.6 Å². The lowest BCUT2D eigenvalue weighted by atomic mass is 9.99. The lowest BCUT2D eigenvalue weighted by Crippen LogP contribution is -2.45. The van der Waals surface area contributed by atoms with Crippen LogP contribution in [0.2, 0.25) is 5.02 Å². The number of benzene rings is 1. The zero-order chi connectivity index (χ0) is 15.1. The Kier molecular flexibility index (Phi) is 6.99. The summed E-state index contributed by atoms with van der Waals surface area (Å²) >= 11 is 5.85. The maximum absolute atomic E-state index is 11.9. The summed E-state index contributed by atoms with van der Waals surface area (Å²) < 4.78 is 5.39. The second kappa shape index (κ2) is 8.25. The molecule has 0 radical (unpaired) electrons. The summed E-state index contributed by atoms with van der Waals surface area (Å²) in [5, 5.41) is 3.51. The molecule has 20 heavy (non-hydrogen) atoms. The van der Waals surface area contributed by atoms with Gasteiger partial charge in [0.25, 0.3) is 0 Å². The third-order valence-electron chi connectivity index (χ3n) is 3.55. The van der Waals surface area contributed by atoms with Crippen molar-refractivity contribution in [1.82, 2.24) is 5.32 Å². The Morgan fingerprint density at radius 3 is 2.50 bits per heavy atom. The highest BCUT2D eigenvalue weighted by atomic mass is 35.5. The van der Waals surface area contributed by atoms with E-state index in [0.29, 0.717) is 11.6 Å². The number of ether oxygens (including phenoxy) is 1. The molecule has 112 valence electrons. The summed E-state index contributed by atoms with van der Waals surface area (Å²) in [5.41, 5.74) is 6.85. The molecule has 3 N–H and O–H groups in total. The molecule has 1 amide bonds. The quantitative estimate of drug-likeness (QED) is 0.813. The van der Waals surface area contributed by atoms with Gasteiger partial charge in [-0.2, -0.15) is 0 Å². The fraction of sp³-hybridized carbons (Fsp3) is 0.533. The first kappa shape index (κ1) is 17.0. The fourth-order valence-electron chi connectivity index (χ4n) is 1.84. The van der Waals surface area contributed by atoms with Crippen molar-refractivity contribution in [3.8, 4) is 0 Å². The van der Waals surface area contributed by atoms with Crippen LogP contribution in [0.15, 0.2) is 24.3 Å². The van der Waals surface area contributed by atoms with E-state index in [1.165, 1.54) is 0 Å². The predicted octanol–water partition coefficient (Wildman–Crippen LogP) is 2.52. The minimum atomic E-state index is -0.484. The van der Waals surface area contributed by atoms with Gasteiger partial charge in [0.2, 0.25) is 5.91 Å². The fourth-order valence-corrected chi connectivity index (χ4v) is 1.96. The Morgan fingerprint density at radius 2 is 2.00 bits per heavy atom. The number of nitrogens with two attached hydrogens (primary N) is 1. The Balaban J connectivity index is 2.57. The van der Waals surface area contributed by atoms with E-state index in [1.807, 2.05) is 26.0 Å². The molecule has 5 heteroatoms. The van der Waals surface area contributed by atoms with Gasteiger partial charge in [-0.1, -0.05) is 44.0 Å². The molecule has 0 saturated carbocycles. The first-order valence-corrected chi connectivity index (χ1v) is 7.18. The number of carbonyl (C=O) groups excluding carboxylic acids is 1. The number of carbonyl (C=O) groups is 1. The predicted molar refractivity (Wildman–Crippen MR) is 81.6 cm³/mol. The number of amides is 1. The molecule has 3 atom stereocenters. The van der Waals surface area contributed by atoms with E-state index >= 15 is 0 Å². The van der Waals surface area contributed by atoms with Gasteiger partial charge in [0.05, 0.1) is 12.1 Å². The van der Waals surface area contributed by atoms with Crippen molar-refractivity contribution >= 4 is 17.5 Å². The van der Waals surface area contributed by atoms with Crippen molar-refractivity contribution in [2.45, 2.75) is 32.4 Å². The molecular weight excluding hydrogens is 276 g/mol. The minimum Gasteiger partial charge on any atom is -0.375 e. The van der Waals surface area contributed by atoms with Crippen molar-refractivity contribution in [2.75, 3.05) is 13.7 Å². The molecule has 0 aliphatic carbocycles. The summed E-state index contributed by atoms with van der Waals surface area (Å²) in [7, 11) is 1.61. The van der Waals surface area contributed by atoms with Crippen molar-refractivity contribution in [3.63, 3.8) is 0 Å². The monoisotopic (exact) mass is 298 g/mol. The highest BCUT2D eigenvalue weighted by molar-refractivity contribution is 6.30. The maximum atomic E-state index is 11.9. The number of rotatable bonds is 7. The van der Waals surface area contributed by atoms with Crippen LogP contribution in [0, 0.1) is 5.92 Å². The topological polar surface area (TPSA) is 64.4 Å². The second-order valence-electron chi connectivity index (χ2n) is 4.93. The Bertz CT molecular complexity index is 422. The average molecular weight is 299 g/mol. The van der Waals surface area contributed by atoms with Gasteiger partial charge < -0.3 is 15.8 Å². The number of hydrogen-bond donors (Lipinski definition) is 2. The zero-order valence-electron chi connectivity index (χ0n) is 12.2. The smallest absolute Gasteiger partial charge is 0.237 e. The highest BCUT2D eigenvalue weighted by Gasteiger charge is 2.20. The largest absolute Gasteiger partial charge is 0.375 e. The van der Waals surface area contributed by atoms with Crippen molar-refractivity contribution in [3.05, 3.63) is 34.9 Å². The van der Waals surface area contributed by atoms with Crippen molar-refractivity contribution in [2.24, 2.45) is 11.7 Å². The van der Waals surface area contributed by atoms with E-state index < -0.39 is 6.04 Å². The third kappa shape index (κ3) is 4.78. The molecular formula is C15H23ClN2O2. The van der Waals surface area contributed by atoms with Gasteiger partial charge in [0.15, 0.2) is 0 Å². The Labute approximate surface area is 125 Å². The molecule has 3 unspecified atom stereocenters. The lowest BCUT2D eigenvalue weighted by molar-refractivity contribution is -0.124. The van der Waals surface area contributed by atoms with Gasteiger partial charge in [-0.3, -0.25) is 4.79 Å². The maximum Gasteiger partial charge on any atom is 0.237 e. The number of nitrogens with one attached hydrogen (secondary N) is 1. The molecule has 0 spiro atoms. The molecule has 0 bridgehead atoms. The van der Waals surface area contributed by atoms with Crippen LogP contribution in [-0.4, -0.2) is 25.6 Å². The Morgan fingerprint density at radius 1 is 1.40 bits per heavy atom. The van der Waals surface area contributed by atoms with Gasteiger partial charge in [-0.15, -0.1) is 0 Å². The van der Waals surface area contributed by atoms with E-state index in [-0.39, 0.29) is 17.9 Å². The number of halogens is 1. The Hall–Kier alpha value is -1.10. The van der Waals surface area contributed by atoms with Crippen LogP contribution in [0.3, 0.4) is 0 Å². The van der Waals surface area contributed by atoms with E-state index in [9.17, 15) is 4.79 Å². The molecule has 4 nitrogen and oxygen atoms in total. The van der Waals surface area contributed by atoms with Gasteiger partial charge in [0, 0.05) is 18.7 Å². The SMILES string of the molecule is CCC(C)C(N)C(=O)NCC(OC)c1ccc(Cl)cc1. The molecule has 1 rings (SSSR count). The van der Waals surface area contributed by atoms with E-state index in [1.54, 1.807) is 19.2 Å². The first-order valence-electron chi connectivity index (χ1n) is 6.81. The molecule has 0 aliphatic heterocycles. The summed E-state index contributed by atoms with van der Waals surface area (Å²) in [5.74, 6) is 0.0156. The summed E-state index contributed by atoms with van der Waals surface area (Å²) in [4.78, 5) is 11.9. The van der Waals surface area contributed by atoms with E-state index in [4.69, 9.17) is 22.1 Å². The van der Waals surface area contributed by atoms with Gasteiger partial charge in [-0.05, 0) is 23.6 Å². The van der Waals surface area contributed by atoms with Crippen LogP contribution in [0.25, 0.3) is 0 Å². The van der Waals surface area contributed by atoms with Crippen molar-refractivity contribution in [1.29, 1.82) is 0 Å².